The van der Waals surface area contributed by atoms with Gasteiger partial charge in [0.05, 0.1) is 92.9 Å². The Hall–Kier alpha value is -2.21. The number of carbonyl (C=O) groups excluding carboxylic acids is 1. The van der Waals surface area contributed by atoms with E-state index in [-0.39, 0.29) is 60.3 Å². The van der Waals surface area contributed by atoms with Gasteiger partial charge in [0, 0.05) is 61.0 Å². The van der Waals surface area contributed by atoms with Crippen LogP contribution in [0.3, 0.4) is 0 Å². The van der Waals surface area contributed by atoms with Crippen molar-refractivity contribution in [2.45, 2.75) is 284 Å². The summed E-state index contributed by atoms with van der Waals surface area (Å²) in [5.74, 6) is -1.08. The minimum atomic E-state index is -1.81. The zero-order valence-corrected chi connectivity index (χ0v) is 52.0. The molecule has 0 aromatic rings. The molecule has 0 radical (unpaired) electrons. The average Bonchev–Trinajstić information content (AvgIpc) is 1.42. The van der Waals surface area contributed by atoms with Crippen molar-refractivity contribution in [1.29, 1.82) is 0 Å². The monoisotopic (exact) mass is 1260 g/mol. The van der Waals surface area contributed by atoms with Gasteiger partial charge in [-0.25, -0.2) is 0 Å². The Bertz CT molecular complexity index is 2380. The fourth-order valence-electron chi connectivity index (χ4n) is 15.9. The molecular weight excluding hydrogens is 1160 g/mol. The van der Waals surface area contributed by atoms with Gasteiger partial charge in [0.15, 0.2) is 37.7 Å². The van der Waals surface area contributed by atoms with Gasteiger partial charge in [-0.15, -0.1) is 0 Å². The molecule has 8 saturated heterocycles. The van der Waals surface area contributed by atoms with E-state index in [0.29, 0.717) is 25.9 Å². The molecule has 88 heavy (non-hydrogen) atoms. The molecule has 9 aliphatic heterocycles. The molecule has 0 aromatic carbocycles. The van der Waals surface area contributed by atoms with E-state index >= 15 is 0 Å². The number of hydrogen-bond donors (Lipinski definition) is 7. The normalized spacial score (nSPS) is 51.5. The lowest BCUT2D eigenvalue weighted by atomic mass is 9.55. The van der Waals surface area contributed by atoms with Gasteiger partial charge in [-0.1, -0.05) is 18.6 Å². The number of aliphatic hydroxyl groups excluding tert-OH is 7. The molecule has 27 nitrogen and oxygen atoms in total. The smallest absolute Gasteiger partial charge is 0.309 e. The summed E-state index contributed by atoms with van der Waals surface area (Å²) < 4.78 is 118. The Morgan fingerprint density at radius 2 is 1.05 bits per heavy atom. The number of esters is 1. The molecule has 27 heteroatoms. The Morgan fingerprint density at radius 1 is 0.568 bits per heavy atom. The van der Waals surface area contributed by atoms with Crippen LogP contribution in [-0.2, 0) is 94.8 Å². The van der Waals surface area contributed by atoms with Gasteiger partial charge in [0.1, 0.15) is 79.4 Å². The topological polar surface area (TPSA) is 334 Å². The van der Waals surface area contributed by atoms with Gasteiger partial charge in [-0.05, 0) is 83.1 Å². The van der Waals surface area contributed by atoms with Crippen LogP contribution >= 0.6 is 0 Å². The summed E-state index contributed by atoms with van der Waals surface area (Å²) in [6, 6.07) is 0. The molecule has 33 unspecified atom stereocenters. The van der Waals surface area contributed by atoms with E-state index in [1.54, 1.807) is 28.3 Å². The van der Waals surface area contributed by atoms with Crippen molar-refractivity contribution in [1.82, 2.24) is 0 Å². The Balaban J connectivity index is 0.638. The molecule has 11 aliphatic rings. The van der Waals surface area contributed by atoms with Crippen molar-refractivity contribution in [3.63, 3.8) is 0 Å². The van der Waals surface area contributed by atoms with Crippen molar-refractivity contribution in [2.24, 2.45) is 23.2 Å². The maximum atomic E-state index is 13.9. The number of methoxy groups -OCH3 is 4. The maximum Gasteiger partial charge on any atom is 0.309 e. The third-order valence-corrected chi connectivity index (χ3v) is 20.9. The number of ether oxygens (including phenoxy) is 19. The highest BCUT2D eigenvalue weighted by atomic mass is 16.8. The first-order valence-electron chi connectivity index (χ1n) is 31.6. The minimum Gasteiger partial charge on any atom is -0.469 e. The summed E-state index contributed by atoms with van der Waals surface area (Å²) in [5.41, 5.74) is 2.34. The third-order valence-electron chi connectivity index (χ3n) is 20.9. The number of fused-ring (bicyclic) bond motifs is 3. The Morgan fingerprint density at radius 3 is 1.56 bits per heavy atom. The molecule has 1 saturated carbocycles. The van der Waals surface area contributed by atoms with E-state index in [2.05, 4.69) is 13.0 Å². The summed E-state index contributed by atoms with van der Waals surface area (Å²) in [6.07, 6.45) is -15.9. The van der Waals surface area contributed by atoms with Crippen LogP contribution in [0.5, 0.6) is 0 Å². The zero-order chi connectivity index (χ0) is 62.7. The lowest BCUT2D eigenvalue weighted by Gasteiger charge is -2.51. The molecule has 2 aliphatic carbocycles. The van der Waals surface area contributed by atoms with Gasteiger partial charge in [-0.3, -0.25) is 4.79 Å². The second-order valence-corrected chi connectivity index (χ2v) is 26.3. The van der Waals surface area contributed by atoms with E-state index in [1.807, 2.05) is 34.0 Å². The van der Waals surface area contributed by atoms with E-state index in [1.165, 1.54) is 18.3 Å². The highest BCUT2D eigenvalue weighted by Crippen LogP contribution is 2.57. The van der Waals surface area contributed by atoms with Gasteiger partial charge in [-0.2, -0.15) is 0 Å². The number of rotatable bonds is 18. The molecule has 9 heterocycles. The Kier molecular flexibility index (Phi) is 21.4. The van der Waals surface area contributed by atoms with Crippen LogP contribution in [0.1, 0.15) is 106 Å². The van der Waals surface area contributed by atoms with Crippen molar-refractivity contribution in [3.8, 4) is 0 Å². The molecular formula is C61H96O27. The lowest BCUT2D eigenvalue weighted by molar-refractivity contribution is -0.376. The van der Waals surface area contributed by atoms with Gasteiger partial charge < -0.3 is 126 Å². The molecule has 0 amide bonds. The second kappa shape index (κ2) is 28.0. The standard InChI is InChI=1S/C61H96O27/c1-26-52(35(70-7)18-42(76-26)80-32-15-16-60(5)31(17-32)12-13-33-34(60)14-11-30-24-74-61(6)46(30)41(25-75-61)81-57(33)69)84-43-19-36(71-8)53(27(2)77-43)85-44-20-37(72-9)54(28(3)78-44)86-45-21-38(73-10)55(29(4)79-45)87-59-51(68)49(66)56(40(23-63)83-59)88-58-50(67)48(65)47(64)39(22-62)82-58/h12,24,26-29,32-56,58-59,62-68H,11,13-23,25H2,1-10H3. The van der Waals surface area contributed by atoms with Crippen LogP contribution in [0.15, 0.2) is 23.5 Å². The molecule has 0 spiro atoms. The fourth-order valence-corrected chi connectivity index (χ4v) is 15.9. The third kappa shape index (κ3) is 13.3. The largest absolute Gasteiger partial charge is 0.469 e. The fraction of sp³-hybridized carbons (Fsp3) is 0.918. The van der Waals surface area contributed by atoms with Gasteiger partial charge in [0.25, 0.3) is 0 Å². The van der Waals surface area contributed by atoms with Crippen LogP contribution in [0.2, 0.25) is 0 Å². The minimum absolute atomic E-state index is 0.0690. The van der Waals surface area contributed by atoms with Crippen molar-refractivity contribution in [3.05, 3.63) is 23.5 Å². The first-order chi connectivity index (χ1) is 42.1. The predicted octanol–water partition coefficient (Wildman–Crippen LogP) is 0.871. The Labute approximate surface area is 513 Å². The van der Waals surface area contributed by atoms with E-state index in [9.17, 15) is 40.5 Å². The summed E-state index contributed by atoms with van der Waals surface area (Å²) in [6.45, 7) is 10.6. The number of aliphatic hydroxyl groups is 7. The molecule has 33 atom stereocenters. The van der Waals surface area contributed by atoms with Crippen LogP contribution in [0.25, 0.3) is 0 Å². The lowest BCUT2D eigenvalue weighted by Crippen LogP contribution is -2.65. The summed E-state index contributed by atoms with van der Waals surface area (Å²) in [5, 5.41) is 73.4. The van der Waals surface area contributed by atoms with Crippen LogP contribution in [-0.4, -0.2) is 268 Å². The second-order valence-electron chi connectivity index (χ2n) is 26.3. The summed E-state index contributed by atoms with van der Waals surface area (Å²) in [7, 11) is 6.36. The molecule has 0 aromatic heterocycles. The quantitative estimate of drug-likeness (QED) is 0.0740. The molecule has 0 bridgehead atoms. The van der Waals surface area contributed by atoms with Crippen LogP contribution < -0.4 is 0 Å². The zero-order valence-electron chi connectivity index (χ0n) is 52.0. The molecule has 502 valence electrons. The number of allylic oxidation sites excluding steroid dienone is 1. The SMILES string of the molecule is COC1CC(OC2CCC3(C)C(=CCC4C(=O)OC5COC6(C)OC=C(CCC43)C56)C2)OC(C)C1OC1CC(OC)C(OC2CC(OC)C(OC3CC(OC)C(OC4OC(CO)C(OC5OC(CO)C(O)C(O)C5O)C(O)C4O)C(C)O3)C(C)O2)C(C)O1. The maximum absolute atomic E-state index is 13.9. The number of carbonyl (C=O) groups is 1. The molecule has 9 fully saturated rings. The highest BCUT2D eigenvalue weighted by molar-refractivity contribution is 5.74. The van der Waals surface area contributed by atoms with Crippen LogP contribution in [0.4, 0.5) is 0 Å². The van der Waals surface area contributed by atoms with E-state index in [4.69, 9.17) is 90.0 Å². The average molecular weight is 1260 g/mol. The first kappa shape index (κ1) is 67.2. The van der Waals surface area contributed by atoms with Crippen LogP contribution in [0, 0.1) is 23.2 Å². The van der Waals surface area contributed by atoms with E-state index < -0.39 is 173 Å². The van der Waals surface area contributed by atoms with Crippen molar-refractivity contribution < 1.29 is 131 Å². The van der Waals surface area contributed by atoms with Crippen molar-refractivity contribution >= 4 is 5.97 Å². The molecule has 11 rings (SSSR count). The van der Waals surface area contributed by atoms with Gasteiger partial charge in [0.2, 0.25) is 5.79 Å². The molecule has 7 N–H and O–H groups in total. The van der Waals surface area contributed by atoms with E-state index in [0.717, 1.165) is 32.1 Å². The summed E-state index contributed by atoms with van der Waals surface area (Å²) >= 11 is 0. The van der Waals surface area contributed by atoms with Gasteiger partial charge >= 0.3 is 5.97 Å². The highest BCUT2D eigenvalue weighted by Gasteiger charge is 2.59. The first-order valence-corrected chi connectivity index (χ1v) is 31.6. The number of hydrogen-bond acceptors (Lipinski definition) is 27. The van der Waals surface area contributed by atoms with Crippen molar-refractivity contribution in [2.75, 3.05) is 48.3 Å². The predicted molar refractivity (Wildman–Crippen MR) is 298 cm³/mol. The summed E-state index contributed by atoms with van der Waals surface area (Å²) in [4.78, 5) is 13.9.